The van der Waals surface area contributed by atoms with Gasteiger partial charge in [-0.05, 0) is 39.4 Å². The van der Waals surface area contributed by atoms with E-state index in [4.69, 9.17) is 20.6 Å². The highest BCUT2D eigenvalue weighted by Crippen LogP contribution is 2.49. The fraction of sp³-hybridized carbons (Fsp3) is 0.647. The van der Waals surface area contributed by atoms with Gasteiger partial charge in [0.2, 0.25) is 0 Å². The first-order chi connectivity index (χ1) is 13.8. The van der Waals surface area contributed by atoms with Crippen LogP contribution in [0.3, 0.4) is 0 Å². The van der Waals surface area contributed by atoms with Gasteiger partial charge in [-0.25, -0.2) is 0 Å². The van der Waals surface area contributed by atoms with Crippen molar-refractivity contribution < 1.29 is 20.6 Å². The largest absolute Gasteiger partial charge is 0.0629 e. The summed E-state index contributed by atoms with van der Waals surface area (Å²) < 4.78 is 123. The maximum absolute atomic E-state index is 8.75. The minimum Gasteiger partial charge on any atom is -0.0582 e. The lowest BCUT2D eigenvalue weighted by Crippen LogP contribution is -2.18. The third-order valence-electron chi connectivity index (χ3n) is 2.95. The molecule has 0 spiro atoms. The molecule has 0 saturated heterocycles. The van der Waals surface area contributed by atoms with Crippen LogP contribution in [-0.2, 0) is 16.2 Å². The SMILES string of the molecule is [2H]c1c([2H])c2c(c([2H])c1C(C)(C)C)C(C([2H])([2H])[2H])(C([2H])([2H])[2H])CC2(C([2H])([2H])[2H])C([2H])([2H])[2H]. The summed E-state index contributed by atoms with van der Waals surface area (Å²) in [4.78, 5) is 0. The summed E-state index contributed by atoms with van der Waals surface area (Å²) in [6.07, 6.45) is -1.36. The van der Waals surface area contributed by atoms with E-state index in [1.807, 2.05) is 0 Å². The van der Waals surface area contributed by atoms with Gasteiger partial charge in [0.25, 0.3) is 0 Å². The van der Waals surface area contributed by atoms with Gasteiger partial charge >= 0.3 is 0 Å². The van der Waals surface area contributed by atoms with Gasteiger partial charge < -0.3 is 0 Å². The first kappa shape index (κ1) is 3.62. The van der Waals surface area contributed by atoms with Gasteiger partial charge in [-0.15, -0.1) is 0 Å². The minimum atomic E-state index is -3.46. The summed E-state index contributed by atoms with van der Waals surface area (Å²) in [5.41, 5.74) is -8.91. The number of hydrogen-bond donors (Lipinski definition) is 0. The zero-order valence-electron chi connectivity index (χ0n) is 25.2. The van der Waals surface area contributed by atoms with Crippen LogP contribution >= 0.6 is 0 Å². The molecule has 0 N–H and O–H groups in total. The van der Waals surface area contributed by atoms with E-state index in [1.165, 1.54) is 0 Å². The summed E-state index contributed by atoms with van der Waals surface area (Å²) >= 11 is 0. The maximum atomic E-state index is 8.75. The molecule has 1 aromatic carbocycles. The van der Waals surface area contributed by atoms with Gasteiger partial charge in [-0.1, -0.05) is 66.3 Å². The van der Waals surface area contributed by atoms with Crippen LogP contribution in [0.1, 0.15) is 91.9 Å². The average molecular weight is 245 g/mol. The molecule has 0 heterocycles. The van der Waals surface area contributed by atoms with Crippen molar-refractivity contribution in [2.45, 2.75) is 70.8 Å². The Morgan fingerprint density at radius 1 is 1.06 bits per heavy atom. The molecular weight excluding hydrogens is 204 g/mol. The van der Waals surface area contributed by atoms with E-state index in [0.717, 1.165) is 0 Å². The van der Waals surface area contributed by atoms with E-state index in [0.29, 0.717) is 0 Å². The van der Waals surface area contributed by atoms with Crippen molar-refractivity contribution >= 4 is 0 Å². The Labute approximate surface area is 128 Å². The molecule has 1 aromatic rings. The molecule has 0 saturated carbocycles. The minimum absolute atomic E-state index is 0.147. The van der Waals surface area contributed by atoms with Gasteiger partial charge in [0.05, 0.1) is 4.11 Å². The van der Waals surface area contributed by atoms with Crippen molar-refractivity contribution in [1.82, 2.24) is 0 Å². The molecule has 0 radical (unpaired) electrons. The zero-order chi connectivity index (χ0) is 25.7. The Hall–Kier alpha value is -0.780. The number of fused-ring (bicyclic) bond motifs is 1. The summed E-state index contributed by atoms with van der Waals surface area (Å²) in [6.45, 7) is -9.06. The van der Waals surface area contributed by atoms with Crippen molar-refractivity contribution in [3.63, 3.8) is 0 Å². The van der Waals surface area contributed by atoms with Crippen molar-refractivity contribution in [2.75, 3.05) is 0 Å². The van der Waals surface area contributed by atoms with Crippen molar-refractivity contribution in [3.8, 4) is 0 Å². The van der Waals surface area contributed by atoms with Crippen LogP contribution in [0.15, 0.2) is 18.1 Å². The Balaban J connectivity index is 3.41. The highest BCUT2D eigenvalue weighted by atomic mass is 14.5. The van der Waals surface area contributed by atoms with Gasteiger partial charge in [-0.3, -0.25) is 0 Å². The molecule has 2 rings (SSSR count). The summed E-state index contributed by atoms with van der Waals surface area (Å²) in [7, 11) is 0. The fourth-order valence-electron chi connectivity index (χ4n) is 2.00. The zero-order valence-corrected chi connectivity index (χ0v) is 10.2. The second kappa shape index (κ2) is 3.37. The predicted molar refractivity (Wildman–Crippen MR) is 75.8 cm³/mol. The summed E-state index contributed by atoms with van der Waals surface area (Å²) in [6, 6.07) is -2.20. The van der Waals surface area contributed by atoms with Crippen LogP contribution < -0.4 is 0 Å². The van der Waals surface area contributed by atoms with Gasteiger partial charge in [0, 0.05) is 16.4 Å². The summed E-state index contributed by atoms with van der Waals surface area (Å²) in [5.74, 6) is 0. The molecule has 0 aliphatic heterocycles. The Kier molecular flexibility index (Phi) is 0.717. The number of benzene rings is 1. The third-order valence-corrected chi connectivity index (χ3v) is 2.95. The van der Waals surface area contributed by atoms with E-state index in [-0.39, 0.29) is 5.56 Å². The highest BCUT2D eigenvalue weighted by molar-refractivity contribution is 5.47. The van der Waals surface area contributed by atoms with Crippen LogP contribution in [0.2, 0.25) is 0 Å². The van der Waals surface area contributed by atoms with Crippen LogP contribution in [-0.4, -0.2) is 0 Å². The molecule has 94 valence electrons. The van der Waals surface area contributed by atoms with E-state index in [1.54, 1.807) is 20.8 Å². The molecule has 0 fully saturated rings. The molecule has 1 aliphatic rings. The molecule has 0 aromatic heterocycles. The molecule has 0 unspecified atom stereocenters. The molecule has 17 heavy (non-hydrogen) atoms. The van der Waals surface area contributed by atoms with E-state index in [9.17, 15) is 0 Å². The van der Waals surface area contributed by atoms with Crippen LogP contribution in [0.4, 0.5) is 0 Å². The topological polar surface area (TPSA) is 0 Å². The standard InChI is InChI=1S/C17H26/c1-15(2,3)12-8-9-13-14(10-12)17(6,7)11-16(13,4)5/h8-10H,11H2,1-7H3/i4D3,5D3,6D3,7D3,8D,9D,10D. The summed E-state index contributed by atoms with van der Waals surface area (Å²) in [5, 5.41) is 0. The normalized spacial score (nSPS) is 37.2. The third kappa shape index (κ3) is 2.03. The van der Waals surface area contributed by atoms with E-state index >= 15 is 0 Å². The smallest absolute Gasteiger partial charge is 0.0582 e. The maximum Gasteiger partial charge on any atom is 0.0629 e. The molecule has 0 bridgehead atoms. The lowest BCUT2D eigenvalue weighted by molar-refractivity contribution is 0.403. The van der Waals surface area contributed by atoms with E-state index in [2.05, 4.69) is 0 Å². The quantitative estimate of drug-likeness (QED) is 0.607. The first-order valence-corrected chi connectivity index (χ1v) is 5.46. The number of hydrogen-bond acceptors (Lipinski definition) is 0. The monoisotopic (exact) mass is 245 g/mol. The van der Waals surface area contributed by atoms with Crippen molar-refractivity contribution in [2.24, 2.45) is 0 Å². The van der Waals surface area contributed by atoms with E-state index < -0.39 is 79.3 Å². The molecule has 0 heteroatoms. The first-order valence-electron chi connectivity index (χ1n) is 13.0. The Morgan fingerprint density at radius 3 is 2.18 bits per heavy atom. The van der Waals surface area contributed by atoms with Crippen LogP contribution in [0.5, 0.6) is 0 Å². The Bertz CT molecular complexity index is 890. The molecule has 1 aliphatic carbocycles. The number of rotatable bonds is 0. The van der Waals surface area contributed by atoms with Crippen LogP contribution in [0, 0.1) is 0 Å². The lowest BCUT2D eigenvalue weighted by Gasteiger charge is -2.24. The van der Waals surface area contributed by atoms with Gasteiger partial charge in [0.1, 0.15) is 0 Å². The van der Waals surface area contributed by atoms with Gasteiger partial charge in [-0.2, -0.15) is 0 Å². The lowest BCUT2D eigenvalue weighted by atomic mass is 9.81. The fourth-order valence-corrected chi connectivity index (χ4v) is 2.00. The van der Waals surface area contributed by atoms with Gasteiger partial charge in [0.15, 0.2) is 0 Å². The molecular formula is C17H26. The average Bonchev–Trinajstić information content (AvgIpc) is 2.85. The highest BCUT2D eigenvalue weighted by Gasteiger charge is 2.42. The second-order valence-electron chi connectivity index (χ2n) is 5.74. The molecule has 0 amide bonds. The van der Waals surface area contributed by atoms with Crippen molar-refractivity contribution in [1.29, 1.82) is 0 Å². The van der Waals surface area contributed by atoms with Crippen LogP contribution in [0.25, 0.3) is 0 Å². The second-order valence-corrected chi connectivity index (χ2v) is 5.74. The Morgan fingerprint density at radius 2 is 1.65 bits per heavy atom. The molecule has 0 atom stereocenters. The van der Waals surface area contributed by atoms with Crippen molar-refractivity contribution in [3.05, 3.63) is 34.8 Å². The molecule has 0 nitrogen and oxygen atoms in total. The predicted octanol–water partition coefficient (Wildman–Crippen LogP) is 4.94.